The molecule has 4 N–H and O–H groups in total. The largest absolute Gasteiger partial charge is 0.396 e. The Kier molecular flexibility index (Phi) is 7.46. The molecule has 0 bridgehead atoms. The number of nitrogens with one attached hydrogen (secondary N) is 1. The van der Waals surface area contributed by atoms with Crippen LogP contribution in [0.15, 0.2) is 23.2 Å². The van der Waals surface area contributed by atoms with E-state index in [4.69, 9.17) is 28.9 Å². The predicted octanol–water partition coefficient (Wildman–Crippen LogP) is 3.76. The van der Waals surface area contributed by atoms with Crippen LogP contribution in [0.3, 0.4) is 0 Å². The van der Waals surface area contributed by atoms with Crippen molar-refractivity contribution in [1.82, 2.24) is 5.32 Å². The molecule has 4 nitrogen and oxygen atoms in total. The van der Waals surface area contributed by atoms with Gasteiger partial charge in [0, 0.05) is 15.5 Å². The van der Waals surface area contributed by atoms with Gasteiger partial charge in [-0.25, -0.2) is 0 Å². The summed E-state index contributed by atoms with van der Waals surface area (Å²) in [6.07, 6.45) is 1.71. The second-order valence-corrected chi connectivity index (χ2v) is 6.44. The van der Waals surface area contributed by atoms with Gasteiger partial charge in [0.25, 0.3) is 0 Å². The number of hydrogen-bond acceptors (Lipinski definition) is 2. The molecule has 0 heterocycles. The van der Waals surface area contributed by atoms with Gasteiger partial charge in [0.05, 0.1) is 19.2 Å². The van der Waals surface area contributed by atoms with Gasteiger partial charge in [-0.1, -0.05) is 43.1 Å². The molecule has 0 saturated carbocycles. The molecular formula is C16H25Cl2N3O. The van der Waals surface area contributed by atoms with Gasteiger partial charge < -0.3 is 16.2 Å². The number of halogens is 2. The van der Waals surface area contributed by atoms with Gasteiger partial charge in [-0.05, 0) is 37.5 Å². The maximum atomic E-state index is 9.55. The van der Waals surface area contributed by atoms with Crippen LogP contribution in [0.25, 0.3) is 0 Å². The number of aliphatic hydroxyl groups excluding tert-OH is 1. The Morgan fingerprint density at radius 1 is 1.36 bits per heavy atom. The Morgan fingerprint density at radius 2 is 2.00 bits per heavy atom. The van der Waals surface area contributed by atoms with E-state index in [0.29, 0.717) is 22.5 Å². The van der Waals surface area contributed by atoms with Gasteiger partial charge in [-0.3, -0.25) is 4.99 Å². The predicted molar refractivity (Wildman–Crippen MR) is 94.6 cm³/mol. The van der Waals surface area contributed by atoms with E-state index >= 15 is 0 Å². The van der Waals surface area contributed by atoms with E-state index < -0.39 is 0 Å². The molecule has 0 aliphatic heterocycles. The minimum atomic E-state index is -0.201. The first-order valence-corrected chi connectivity index (χ1v) is 8.25. The second-order valence-electron chi connectivity index (χ2n) is 5.60. The zero-order valence-corrected chi connectivity index (χ0v) is 14.9. The average Bonchev–Trinajstić information content (AvgIpc) is 2.49. The lowest BCUT2D eigenvalue weighted by molar-refractivity contribution is 0.123. The second kappa shape index (κ2) is 8.61. The molecule has 0 saturated heterocycles. The minimum absolute atomic E-state index is 0.0831. The van der Waals surface area contributed by atoms with Crippen molar-refractivity contribution in [2.75, 3.05) is 13.2 Å². The third-order valence-electron chi connectivity index (χ3n) is 4.21. The molecule has 1 aromatic carbocycles. The first-order valence-electron chi connectivity index (χ1n) is 7.49. The average molecular weight is 346 g/mol. The van der Waals surface area contributed by atoms with Crippen molar-refractivity contribution in [3.63, 3.8) is 0 Å². The Morgan fingerprint density at radius 3 is 2.50 bits per heavy atom. The highest BCUT2D eigenvalue weighted by Crippen LogP contribution is 2.27. The molecule has 0 radical (unpaired) electrons. The van der Waals surface area contributed by atoms with Gasteiger partial charge >= 0.3 is 0 Å². The molecule has 0 amide bonds. The highest BCUT2D eigenvalue weighted by Gasteiger charge is 2.25. The van der Waals surface area contributed by atoms with E-state index in [1.165, 1.54) is 0 Å². The van der Waals surface area contributed by atoms with Crippen LogP contribution in [0.2, 0.25) is 10.0 Å². The van der Waals surface area contributed by atoms with Crippen LogP contribution in [0.5, 0.6) is 0 Å². The van der Waals surface area contributed by atoms with Crippen molar-refractivity contribution in [2.45, 2.75) is 39.7 Å². The lowest BCUT2D eigenvalue weighted by Gasteiger charge is -2.27. The maximum Gasteiger partial charge on any atom is 0.189 e. The molecule has 22 heavy (non-hydrogen) atoms. The van der Waals surface area contributed by atoms with E-state index in [-0.39, 0.29) is 18.1 Å². The standard InChI is InChI=1S/C16H25Cl2N3O/c1-4-16(5-2,10-22)9-20-15(19)21-11(3)13-7-6-12(17)8-14(13)18/h6-8,11,22H,4-5,9-10H2,1-3H3,(H3,19,20,21). The van der Waals surface area contributed by atoms with Crippen LogP contribution in [0.4, 0.5) is 0 Å². The summed E-state index contributed by atoms with van der Waals surface area (Å²) in [4.78, 5) is 4.38. The van der Waals surface area contributed by atoms with Gasteiger partial charge in [0.2, 0.25) is 0 Å². The Balaban J connectivity index is 2.74. The molecule has 0 spiro atoms. The first kappa shape index (κ1) is 19.1. The zero-order valence-electron chi connectivity index (χ0n) is 13.4. The molecule has 0 fully saturated rings. The number of nitrogens with zero attached hydrogens (tertiary/aromatic N) is 1. The number of aliphatic imine (C=N–C) groups is 1. The van der Waals surface area contributed by atoms with Crippen LogP contribution in [0.1, 0.15) is 45.2 Å². The third kappa shape index (κ3) is 5.04. The Hall–Kier alpha value is -0.970. The highest BCUT2D eigenvalue weighted by atomic mass is 35.5. The van der Waals surface area contributed by atoms with Crippen molar-refractivity contribution in [3.8, 4) is 0 Å². The summed E-state index contributed by atoms with van der Waals surface area (Å²) >= 11 is 12.1. The van der Waals surface area contributed by atoms with Crippen LogP contribution in [0, 0.1) is 5.41 Å². The fourth-order valence-electron chi connectivity index (χ4n) is 2.20. The summed E-state index contributed by atoms with van der Waals surface area (Å²) in [5.41, 5.74) is 6.66. The van der Waals surface area contributed by atoms with Crippen LogP contribution in [-0.2, 0) is 0 Å². The van der Waals surface area contributed by atoms with E-state index in [9.17, 15) is 5.11 Å². The Bertz CT molecular complexity index is 508. The maximum absolute atomic E-state index is 9.55. The summed E-state index contributed by atoms with van der Waals surface area (Å²) < 4.78 is 0. The number of nitrogens with two attached hydrogens (primary N) is 1. The zero-order chi connectivity index (χ0) is 16.8. The molecule has 1 rings (SSSR count). The summed E-state index contributed by atoms with van der Waals surface area (Å²) in [5, 5.41) is 13.9. The van der Waals surface area contributed by atoms with Gasteiger partial charge in [-0.2, -0.15) is 0 Å². The summed E-state index contributed by atoms with van der Waals surface area (Å²) in [6, 6.07) is 5.28. The number of aliphatic hydroxyl groups is 1. The molecule has 0 aliphatic carbocycles. The van der Waals surface area contributed by atoms with E-state index in [0.717, 1.165) is 18.4 Å². The van der Waals surface area contributed by atoms with E-state index in [2.05, 4.69) is 24.2 Å². The smallest absolute Gasteiger partial charge is 0.189 e. The van der Waals surface area contributed by atoms with E-state index in [1.807, 2.05) is 13.0 Å². The summed E-state index contributed by atoms with van der Waals surface area (Å²) in [7, 11) is 0. The van der Waals surface area contributed by atoms with Crippen molar-refractivity contribution >= 4 is 29.2 Å². The molecule has 0 aliphatic rings. The topological polar surface area (TPSA) is 70.6 Å². The number of benzene rings is 1. The molecule has 1 unspecified atom stereocenters. The normalized spacial score (nSPS) is 14.0. The number of guanidine groups is 1. The molecular weight excluding hydrogens is 321 g/mol. The minimum Gasteiger partial charge on any atom is -0.396 e. The number of hydrogen-bond donors (Lipinski definition) is 3. The van der Waals surface area contributed by atoms with Crippen molar-refractivity contribution < 1.29 is 5.11 Å². The van der Waals surface area contributed by atoms with E-state index in [1.54, 1.807) is 12.1 Å². The number of rotatable bonds is 7. The molecule has 124 valence electrons. The fraction of sp³-hybridized carbons (Fsp3) is 0.562. The van der Waals surface area contributed by atoms with Gasteiger partial charge in [0.15, 0.2) is 5.96 Å². The highest BCUT2D eigenvalue weighted by molar-refractivity contribution is 6.35. The van der Waals surface area contributed by atoms with Gasteiger partial charge in [-0.15, -0.1) is 0 Å². The fourth-order valence-corrected chi connectivity index (χ4v) is 2.77. The lowest BCUT2D eigenvalue weighted by Crippen LogP contribution is -2.36. The lowest BCUT2D eigenvalue weighted by atomic mass is 9.83. The molecule has 1 atom stereocenters. The quantitative estimate of drug-likeness (QED) is 0.520. The monoisotopic (exact) mass is 345 g/mol. The first-order chi connectivity index (χ1) is 10.4. The summed E-state index contributed by atoms with van der Waals surface area (Å²) in [5.74, 6) is 0.346. The van der Waals surface area contributed by atoms with Gasteiger partial charge in [0.1, 0.15) is 0 Å². The van der Waals surface area contributed by atoms with Crippen molar-refractivity contribution in [1.29, 1.82) is 0 Å². The molecule has 6 heteroatoms. The molecule has 1 aromatic rings. The van der Waals surface area contributed by atoms with Crippen molar-refractivity contribution in [2.24, 2.45) is 16.1 Å². The van der Waals surface area contributed by atoms with Crippen LogP contribution >= 0.6 is 23.2 Å². The van der Waals surface area contributed by atoms with Crippen molar-refractivity contribution in [3.05, 3.63) is 33.8 Å². The van der Waals surface area contributed by atoms with Crippen LogP contribution in [-0.4, -0.2) is 24.2 Å². The SMILES string of the molecule is CCC(CC)(CO)CN=C(N)NC(C)c1ccc(Cl)cc1Cl. The van der Waals surface area contributed by atoms with Crippen LogP contribution < -0.4 is 11.1 Å². The Labute approximate surface area is 142 Å². The summed E-state index contributed by atoms with van der Waals surface area (Å²) in [6.45, 7) is 6.66. The third-order valence-corrected chi connectivity index (χ3v) is 4.78. The molecule has 0 aromatic heterocycles.